The Labute approximate surface area is 71.2 Å². The van der Waals surface area contributed by atoms with Crippen molar-refractivity contribution in [1.29, 1.82) is 0 Å². The van der Waals surface area contributed by atoms with Crippen LogP contribution in [0.4, 0.5) is 13.2 Å². The lowest BCUT2D eigenvalue weighted by molar-refractivity contribution is 0.407. The van der Waals surface area contributed by atoms with Crippen LogP contribution in [0, 0.1) is 17.7 Å². The number of halogens is 3. The zero-order valence-electron chi connectivity index (χ0n) is 6.14. The minimum absolute atomic E-state index is 0.412. The monoisotopic (exact) mass is 194 g/mol. The molecule has 0 amide bonds. The molecule has 0 atom stereocenters. The third-order valence-electron chi connectivity index (χ3n) is 1.08. The molecule has 1 heterocycles. The highest BCUT2D eigenvalue weighted by atomic mass is 32.2. The summed E-state index contributed by atoms with van der Waals surface area (Å²) in [5.41, 5.74) is 0. The normalized spacial score (nSPS) is 10.3. The van der Waals surface area contributed by atoms with Crippen molar-refractivity contribution < 1.29 is 13.2 Å². The van der Waals surface area contributed by atoms with Gasteiger partial charge in [-0.1, -0.05) is 6.92 Å². The molecular weight excluding hydrogens is 189 g/mol. The molecule has 0 spiro atoms. The molecule has 0 N–H and O–H groups in total. The van der Waals surface area contributed by atoms with E-state index >= 15 is 0 Å². The maximum absolute atomic E-state index is 12.7. The Morgan fingerprint density at radius 3 is 2.33 bits per heavy atom. The molecule has 0 aliphatic heterocycles. The second kappa shape index (κ2) is 3.75. The zero-order valence-corrected chi connectivity index (χ0v) is 6.96. The maximum Gasteiger partial charge on any atom is 0.270 e. The smallest absolute Gasteiger partial charge is 0.200 e. The van der Waals surface area contributed by atoms with E-state index in [1.54, 1.807) is 6.92 Å². The highest BCUT2D eigenvalue weighted by Gasteiger charge is 2.15. The molecule has 0 unspecified atom stereocenters. The van der Waals surface area contributed by atoms with E-state index in [2.05, 4.69) is 10.2 Å². The first-order valence-electron chi connectivity index (χ1n) is 3.16. The van der Waals surface area contributed by atoms with Crippen LogP contribution in [0.25, 0.3) is 0 Å². The molecule has 0 saturated carbocycles. The fraction of sp³-hybridized carbons (Fsp3) is 0.333. The number of nitrogens with zero attached hydrogens (tertiary/aromatic N) is 2. The molecule has 0 fully saturated rings. The van der Waals surface area contributed by atoms with Crippen LogP contribution in [-0.2, 0) is 0 Å². The van der Waals surface area contributed by atoms with Gasteiger partial charge in [-0.25, -0.2) is 4.39 Å². The molecule has 2 nitrogen and oxygen atoms in total. The molecular formula is C6H5F3N2S. The van der Waals surface area contributed by atoms with Crippen molar-refractivity contribution in [2.75, 3.05) is 5.75 Å². The number of aromatic nitrogens is 2. The summed E-state index contributed by atoms with van der Waals surface area (Å²) < 4.78 is 37.7. The Kier molecular flexibility index (Phi) is 2.91. The van der Waals surface area contributed by atoms with Crippen LogP contribution in [0.3, 0.4) is 0 Å². The molecule has 66 valence electrons. The summed E-state index contributed by atoms with van der Waals surface area (Å²) in [5, 5.41) is 5.45. The first kappa shape index (κ1) is 9.31. The van der Waals surface area contributed by atoms with Crippen molar-refractivity contribution in [3.8, 4) is 0 Å². The van der Waals surface area contributed by atoms with Gasteiger partial charge in [0.15, 0.2) is 5.82 Å². The minimum atomic E-state index is -1.37. The van der Waals surface area contributed by atoms with Crippen molar-refractivity contribution >= 4 is 11.8 Å². The van der Waals surface area contributed by atoms with E-state index in [-0.39, 0.29) is 0 Å². The van der Waals surface area contributed by atoms with Crippen molar-refractivity contribution in [2.24, 2.45) is 0 Å². The van der Waals surface area contributed by atoms with E-state index in [0.29, 0.717) is 5.75 Å². The molecule has 12 heavy (non-hydrogen) atoms. The van der Waals surface area contributed by atoms with Gasteiger partial charge in [0.2, 0.25) is 5.95 Å². The lowest BCUT2D eigenvalue weighted by atomic mass is 10.5. The number of hydrogen-bond acceptors (Lipinski definition) is 3. The first-order chi connectivity index (χ1) is 5.66. The quantitative estimate of drug-likeness (QED) is 0.673. The van der Waals surface area contributed by atoms with Crippen LogP contribution in [-0.4, -0.2) is 16.0 Å². The third-order valence-corrected chi connectivity index (χ3v) is 2.01. The van der Waals surface area contributed by atoms with Gasteiger partial charge in [0.05, 0.1) is 0 Å². The summed E-state index contributed by atoms with van der Waals surface area (Å²) in [6.07, 6.45) is 0. The van der Waals surface area contributed by atoms with Crippen molar-refractivity contribution in [3.63, 3.8) is 0 Å². The van der Waals surface area contributed by atoms with Gasteiger partial charge in [-0.2, -0.15) is 8.78 Å². The Morgan fingerprint density at radius 1 is 1.17 bits per heavy atom. The third kappa shape index (κ3) is 1.69. The van der Waals surface area contributed by atoms with Gasteiger partial charge < -0.3 is 0 Å². The predicted molar refractivity (Wildman–Crippen MR) is 38.3 cm³/mol. The van der Waals surface area contributed by atoms with E-state index in [1.807, 2.05) is 0 Å². The SMILES string of the molecule is CCSc1c(F)nnc(F)c1F. The Balaban J connectivity index is 3.14. The highest BCUT2D eigenvalue weighted by molar-refractivity contribution is 7.99. The predicted octanol–water partition coefficient (Wildman–Crippen LogP) is 2.01. The fourth-order valence-corrected chi connectivity index (χ4v) is 1.29. The van der Waals surface area contributed by atoms with Crippen molar-refractivity contribution in [3.05, 3.63) is 17.7 Å². The molecule has 1 aromatic rings. The number of hydrogen-bond donors (Lipinski definition) is 0. The molecule has 0 aliphatic carbocycles. The standard InChI is InChI=1S/C6H5F3N2S/c1-2-12-4-3(7)5(8)10-11-6(4)9/h2H2,1H3. The Hall–Kier alpha value is -0.780. The minimum Gasteiger partial charge on any atom is -0.200 e. The van der Waals surface area contributed by atoms with Crippen LogP contribution < -0.4 is 0 Å². The molecule has 1 rings (SSSR count). The van der Waals surface area contributed by atoms with E-state index in [9.17, 15) is 13.2 Å². The molecule has 1 aromatic heterocycles. The van der Waals surface area contributed by atoms with E-state index in [4.69, 9.17) is 0 Å². The molecule has 0 radical (unpaired) electrons. The molecule has 6 heteroatoms. The van der Waals surface area contributed by atoms with E-state index < -0.39 is 22.6 Å². The van der Waals surface area contributed by atoms with Gasteiger partial charge in [0.1, 0.15) is 4.90 Å². The number of rotatable bonds is 2. The second-order valence-corrected chi connectivity index (χ2v) is 3.13. The Morgan fingerprint density at radius 2 is 1.75 bits per heavy atom. The summed E-state index contributed by atoms with van der Waals surface area (Å²) in [5.74, 6) is -3.26. The van der Waals surface area contributed by atoms with Crippen LogP contribution in [0.2, 0.25) is 0 Å². The molecule has 0 aromatic carbocycles. The molecule has 0 bridgehead atoms. The highest BCUT2D eigenvalue weighted by Crippen LogP contribution is 2.23. The molecule has 0 aliphatic rings. The lowest BCUT2D eigenvalue weighted by Gasteiger charge is -2.00. The van der Waals surface area contributed by atoms with Gasteiger partial charge in [0.25, 0.3) is 5.95 Å². The van der Waals surface area contributed by atoms with Gasteiger partial charge in [-0.3, -0.25) is 0 Å². The maximum atomic E-state index is 12.7. The average Bonchev–Trinajstić information content (AvgIpc) is 2.06. The summed E-state index contributed by atoms with van der Waals surface area (Å²) in [7, 11) is 0. The summed E-state index contributed by atoms with van der Waals surface area (Å²) in [6.45, 7) is 1.70. The van der Waals surface area contributed by atoms with Crippen molar-refractivity contribution in [1.82, 2.24) is 10.2 Å². The lowest BCUT2D eigenvalue weighted by Crippen LogP contribution is -2.00. The fourth-order valence-electron chi connectivity index (χ4n) is 0.629. The second-order valence-electron chi connectivity index (χ2n) is 1.86. The largest absolute Gasteiger partial charge is 0.270 e. The topological polar surface area (TPSA) is 25.8 Å². The summed E-state index contributed by atoms with van der Waals surface area (Å²) >= 11 is 0.850. The van der Waals surface area contributed by atoms with Crippen LogP contribution in [0.1, 0.15) is 6.92 Å². The van der Waals surface area contributed by atoms with Crippen LogP contribution in [0.5, 0.6) is 0 Å². The van der Waals surface area contributed by atoms with E-state index in [0.717, 1.165) is 11.8 Å². The Bertz CT molecular complexity index is 292. The van der Waals surface area contributed by atoms with Gasteiger partial charge in [-0.05, 0) is 5.75 Å². The zero-order chi connectivity index (χ0) is 9.14. The van der Waals surface area contributed by atoms with Gasteiger partial charge in [-0.15, -0.1) is 22.0 Å². The summed E-state index contributed by atoms with van der Waals surface area (Å²) in [4.78, 5) is -0.412. The van der Waals surface area contributed by atoms with Crippen molar-refractivity contribution in [2.45, 2.75) is 11.8 Å². The van der Waals surface area contributed by atoms with E-state index in [1.165, 1.54) is 0 Å². The number of thioether (sulfide) groups is 1. The van der Waals surface area contributed by atoms with Crippen LogP contribution in [0.15, 0.2) is 4.90 Å². The molecule has 0 saturated heterocycles. The van der Waals surface area contributed by atoms with Gasteiger partial charge in [0, 0.05) is 0 Å². The first-order valence-corrected chi connectivity index (χ1v) is 4.15. The average molecular weight is 194 g/mol. The van der Waals surface area contributed by atoms with Crippen LogP contribution >= 0.6 is 11.8 Å². The summed E-state index contributed by atoms with van der Waals surface area (Å²) in [6, 6.07) is 0. The van der Waals surface area contributed by atoms with Gasteiger partial charge >= 0.3 is 0 Å².